The summed E-state index contributed by atoms with van der Waals surface area (Å²) in [5.74, 6) is 1.05. The standard InChI is InChI=1S/C17H17IO/c1-19-17-11-14-8-6-12-2-4-13(5-3-12)7-9-15(17)10-16(14)18/h2-5,10-11H,6-9H2,1H3. The summed E-state index contributed by atoms with van der Waals surface area (Å²) in [4.78, 5) is 0. The van der Waals surface area contributed by atoms with Crippen LogP contribution in [-0.2, 0) is 25.7 Å². The van der Waals surface area contributed by atoms with Crippen LogP contribution in [0.1, 0.15) is 22.3 Å². The topological polar surface area (TPSA) is 9.23 Å². The van der Waals surface area contributed by atoms with Gasteiger partial charge in [-0.3, -0.25) is 0 Å². The van der Waals surface area contributed by atoms with E-state index >= 15 is 0 Å². The largest absolute Gasteiger partial charge is 0.496 e. The first-order chi connectivity index (χ1) is 9.26. The highest BCUT2D eigenvalue weighted by Crippen LogP contribution is 2.28. The first-order valence-electron chi connectivity index (χ1n) is 6.69. The molecule has 4 bridgehead atoms. The highest BCUT2D eigenvalue weighted by Gasteiger charge is 2.11. The Morgan fingerprint density at radius 1 is 0.842 bits per heavy atom. The summed E-state index contributed by atoms with van der Waals surface area (Å²) in [5.41, 5.74) is 5.54. The van der Waals surface area contributed by atoms with Gasteiger partial charge in [0, 0.05) is 3.57 Å². The Morgan fingerprint density at radius 3 is 2.00 bits per heavy atom. The Bertz CT molecular complexity index is 587. The van der Waals surface area contributed by atoms with Crippen LogP contribution < -0.4 is 4.74 Å². The average Bonchev–Trinajstić information content (AvgIpc) is 2.43. The Kier molecular flexibility index (Phi) is 3.78. The van der Waals surface area contributed by atoms with Crippen LogP contribution in [-0.4, -0.2) is 7.11 Å². The number of benzene rings is 2. The molecule has 0 heterocycles. The number of halogens is 1. The highest BCUT2D eigenvalue weighted by molar-refractivity contribution is 14.1. The smallest absolute Gasteiger partial charge is 0.122 e. The Hall–Kier alpha value is -1.03. The molecule has 0 aliphatic heterocycles. The zero-order valence-corrected chi connectivity index (χ0v) is 13.2. The molecular formula is C17H17IO. The zero-order chi connectivity index (χ0) is 13.2. The van der Waals surface area contributed by atoms with Gasteiger partial charge >= 0.3 is 0 Å². The average molecular weight is 364 g/mol. The Balaban J connectivity index is 2.05. The lowest BCUT2D eigenvalue weighted by Gasteiger charge is -2.15. The predicted octanol–water partition coefficient (Wildman–Crippen LogP) is 4.18. The molecule has 0 N–H and O–H groups in total. The Labute approximate surface area is 128 Å². The fourth-order valence-electron chi connectivity index (χ4n) is 2.64. The molecule has 4 aliphatic rings. The minimum absolute atomic E-state index is 1.04. The van der Waals surface area contributed by atoms with Crippen molar-refractivity contribution in [2.75, 3.05) is 7.11 Å². The van der Waals surface area contributed by atoms with E-state index in [4.69, 9.17) is 4.74 Å². The first-order valence-corrected chi connectivity index (χ1v) is 7.77. The molecule has 0 radical (unpaired) electrons. The third kappa shape index (κ3) is 2.78. The maximum absolute atomic E-state index is 5.56. The van der Waals surface area contributed by atoms with Gasteiger partial charge in [0.25, 0.3) is 0 Å². The van der Waals surface area contributed by atoms with Crippen LogP contribution in [0.3, 0.4) is 0 Å². The van der Waals surface area contributed by atoms with E-state index in [9.17, 15) is 0 Å². The molecule has 0 aromatic heterocycles. The first kappa shape index (κ1) is 13.0. The van der Waals surface area contributed by atoms with Crippen molar-refractivity contribution in [3.8, 4) is 5.75 Å². The van der Waals surface area contributed by atoms with Gasteiger partial charge < -0.3 is 4.74 Å². The van der Waals surface area contributed by atoms with Crippen LogP contribution in [0.2, 0.25) is 0 Å². The highest BCUT2D eigenvalue weighted by atomic mass is 127. The van der Waals surface area contributed by atoms with E-state index in [1.54, 1.807) is 7.11 Å². The van der Waals surface area contributed by atoms with Crippen molar-refractivity contribution >= 4 is 22.6 Å². The molecule has 2 heteroatoms. The summed E-state index contributed by atoms with van der Waals surface area (Å²) in [6.45, 7) is 0. The second kappa shape index (κ2) is 5.53. The van der Waals surface area contributed by atoms with Crippen LogP contribution in [0.4, 0.5) is 0 Å². The molecule has 0 spiro atoms. The van der Waals surface area contributed by atoms with E-state index in [1.807, 2.05) is 0 Å². The van der Waals surface area contributed by atoms with Gasteiger partial charge in [0.2, 0.25) is 0 Å². The molecule has 98 valence electrons. The van der Waals surface area contributed by atoms with Crippen molar-refractivity contribution in [1.82, 2.24) is 0 Å². The summed E-state index contributed by atoms with van der Waals surface area (Å²) in [7, 11) is 1.77. The van der Waals surface area contributed by atoms with Crippen LogP contribution in [0.5, 0.6) is 5.75 Å². The van der Waals surface area contributed by atoms with Gasteiger partial charge in [0.1, 0.15) is 5.75 Å². The molecular weight excluding hydrogens is 347 g/mol. The number of hydrogen-bond donors (Lipinski definition) is 0. The normalized spacial score (nSPS) is 14.0. The molecule has 6 rings (SSSR count). The van der Waals surface area contributed by atoms with Gasteiger partial charge in [0.15, 0.2) is 0 Å². The monoisotopic (exact) mass is 364 g/mol. The van der Waals surface area contributed by atoms with Crippen molar-refractivity contribution in [2.45, 2.75) is 25.7 Å². The zero-order valence-electron chi connectivity index (χ0n) is 11.1. The van der Waals surface area contributed by atoms with E-state index in [2.05, 4.69) is 59.0 Å². The lowest BCUT2D eigenvalue weighted by Crippen LogP contribution is -2.02. The molecule has 2 aromatic rings. The molecule has 0 unspecified atom stereocenters. The maximum atomic E-state index is 5.56. The molecule has 1 nitrogen and oxygen atoms in total. The molecule has 2 aromatic carbocycles. The molecule has 0 fully saturated rings. The number of rotatable bonds is 1. The van der Waals surface area contributed by atoms with E-state index in [0.29, 0.717) is 0 Å². The van der Waals surface area contributed by atoms with Crippen LogP contribution in [0.15, 0.2) is 36.4 Å². The summed E-state index contributed by atoms with van der Waals surface area (Å²) < 4.78 is 6.92. The van der Waals surface area contributed by atoms with Gasteiger partial charge in [-0.05, 0) is 82.7 Å². The van der Waals surface area contributed by atoms with Crippen molar-refractivity contribution in [2.24, 2.45) is 0 Å². The second-order valence-corrected chi connectivity index (χ2v) is 6.23. The number of hydrogen-bond acceptors (Lipinski definition) is 1. The van der Waals surface area contributed by atoms with Crippen molar-refractivity contribution < 1.29 is 4.74 Å². The maximum Gasteiger partial charge on any atom is 0.122 e. The molecule has 0 saturated heterocycles. The summed E-state index contributed by atoms with van der Waals surface area (Å²) in [5, 5.41) is 0. The van der Waals surface area contributed by atoms with Gasteiger partial charge in [0.05, 0.1) is 7.11 Å². The minimum Gasteiger partial charge on any atom is -0.496 e. The second-order valence-electron chi connectivity index (χ2n) is 5.07. The van der Waals surface area contributed by atoms with Crippen molar-refractivity contribution in [3.05, 3.63) is 62.2 Å². The lowest BCUT2D eigenvalue weighted by molar-refractivity contribution is 0.409. The number of aryl methyl sites for hydroxylation is 4. The van der Waals surface area contributed by atoms with Gasteiger partial charge in [-0.2, -0.15) is 0 Å². The van der Waals surface area contributed by atoms with Crippen LogP contribution in [0.25, 0.3) is 0 Å². The fourth-order valence-corrected chi connectivity index (χ4v) is 3.45. The molecule has 0 saturated carbocycles. The SMILES string of the molecule is COc1cc2c(I)cc1CCc1ccc(cc1)CC2. The van der Waals surface area contributed by atoms with Crippen LogP contribution >= 0.6 is 22.6 Å². The van der Waals surface area contributed by atoms with Gasteiger partial charge in [-0.25, -0.2) is 0 Å². The summed E-state index contributed by atoms with van der Waals surface area (Å²) in [6.07, 6.45) is 4.29. The van der Waals surface area contributed by atoms with Crippen LogP contribution in [0, 0.1) is 3.57 Å². The predicted molar refractivity (Wildman–Crippen MR) is 87.0 cm³/mol. The molecule has 0 amide bonds. The Morgan fingerprint density at radius 2 is 1.42 bits per heavy atom. The van der Waals surface area contributed by atoms with Crippen molar-refractivity contribution in [3.63, 3.8) is 0 Å². The molecule has 0 atom stereocenters. The van der Waals surface area contributed by atoms with Crippen molar-refractivity contribution in [1.29, 1.82) is 0 Å². The number of ether oxygens (including phenoxy) is 1. The van der Waals surface area contributed by atoms with Gasteiger partial charge in [-0.1, -0.05) is 24.3 Å². The van der Waals surface area contributed by atoms with E-state index in [1.165, 1.54) is 25.8 Å². The summed E-state index contributed by atoms with van der Waals surface area (Å²) >= 11 is 2.45. The van der Waals surface area contributed by atoms with Gasteiger partial charge in [-0.15, -0.1) is 0 Å². The summed E-state index contributed by atoms with van der Waals surface area (Å²) in [6, 6.07) is 13.6. The van der Waals surface area contributed by atoms with E-state index in [0.717, 1.165) is 31.4 Å². The minimum atomic E-state index is 1.04. The number of methoxy groups -OCH3 is 1. The molecule has 4 aliphatic carbocycles. The van der Waals surface area contributed by atoms with E-state index in [-0.39, 0.29) is 0 Å². The third-order valence-electron chi connectivity index (χ3n) is 3.84. The fraction of sp³-hybridized carbons (Fsp3) is 0.294. The lowest BCUT2D eigenvalue weighted by atomic mass is 9.96. The van der Waals surface area contributed by atoms with E-state index < -0.39 is 0 Å². The molecule has 19 heavy (non-hydrogen) atoms. The third-order valence-corrected chi connectivity index (χ3v) is 4.84. The quantitative estimate of drug-likeness (QED) is 0.690.